The minimum Gasteiger partial charge on any atom is -0.469 e. The van der Waals surface area contributed by atoms with Crippen molar-refractivity contribution in [1.29, 1.82) is 0 Å². The second-order valence-electron chi connectivity index (χ2n) is 4.80. The highest BCUT2D eigenvalue weighted by atomic mass is 16.3. The zero-order valence-electron chi connectivity index (χ0n) is 10.8. The summed E-state index contributed by atoms with van der Waals surface area (Å²) in [6.07, 6.45) is 1.92. The van der Waals surface area contributed by atoms with Gasteiger partial charge in [0.2, 0.25) is 0 Å². The van der Waals surface area contributed by atoms with E-state index in [1.54, 1.807) is 49.6 Å². The van der Waals surface area contributed by atoms with Crippen molar-refractivity contribution >= 4 is 5.91 Å². The summed E-state index contributed by atoms with van der Waals surface area (Å²) in [7, 11) is 0. The quantitative estimate of drug-likeness (QED) is 0.863. The maximum Gasteiger partial charge on any atom is 0.251 e. The van der Waals surface area contributed by atoms with Crippen LogP contribution in [-0.4, -0.2) is 23.2 Å². The fourth-order valence-corrected chi connectivity index (χ4v) is 1.81. The number of hydrogen-bond donors (Lipinski definition) is 2. The summed E-state index contributed by atoms with van der Waals surface area (Å²) in [5.41, 5.74) is -0.459. The lowest BCUT2D eigenvalue weighted by molar-refractivity contribution is 0.0510. The van der Waals surface area contributed by atoms with E-state index in [2.05, 4.69) is 5.32 Å². The van der Waals surface area contributed by atoms with Crippen molar-refractivity contribution in [3.8, 4) is 0 Å². The molecule has 1 atom stereocenters. The van der Waals surface area contributed by atoms with Gasteiger partial charge in [-0.15, -0.1) is 0 Å². The lowest BCUT2D eigenvalue weighted by atomic mass is 10.0. The standard InChI is InChI=1S/C15H17NO3/c1-15(18,10-13-8-5-9-19-13)11-16-14(17)12-6-3-2-4-7-12/h2-9,18H,10-11H2,1H3,(H,16,17). The molecule has 1 unspecified atom stereocenters. The number of carbonyl (C=O) groups excluding carboxylic acids is 1. The molecule has 0 saturated heterocycles. The molecular formula is C15H17NO3. The number of nitrogens with one attached hydrogen (secondary N) is 1. The van der Waals surface area contributed by atoms with Crippen molar-refractivity contribution in [2.24, 2.45) is 0 Å². The second-order valence-corrected chi connectivity index (χ2v) is 4.80. The van der Waals surface area contributed by atoms with Crippen molar-refractivity contribution < 1.29 is 14.3 Å². The van der Waals surface area contributed by atoms with Crippen molar-refractivity contribution in [1.82, 2.24) is 5.32 Å². The Hall–Kier alpha value is -2.07. The molecule has 1 aromatic heterocycles. The van der Waals surface area contributed by atoms with E-state index in [0.717, 1.165) is 0 Å². The Morgan fingerprint density at radius 3 is 2.63 bits per heavy atom. The van der Waals surface area contributed by atoms with Crippen molar-refractivity contribution in [2.75, 3.05) is 6.54 Å². The van der Waals surface area contributed by atoms with Crippen molar-refractivity contribution in [3.05, 3.63) is 60.1 Å². The predicted octanol–water partition coefficient (Wildman–Crippen LogP) is 2.00. The fourth-order valence-electron chi connectivity index (χ4n) is 1.81. The lowest BCUT2D eigenvalue weighted by Crippen LogP contribution is -2.42. The summed E-state index contributed by atoms with van der Waals surface area (Å²) in [6, 6.07) is 12.5. The highest BCUT2D eigenvalue weighted by molar-refractivity contribution is 5.94. The van der Waals surface area contributed by atoms with Gasteiger partial charge in [0, 0.05) is 18.5 Å². The number of furan rings is 1. The summed E-state index contributed by atoms with van der Waals surface area (Å²) < 4.78 is 5.19. The van der Waals surface area contributed by atoms with E-state index in [1.165, 1.54) is 0 Å². The smallest absolute Gasteiger partial charge is 0.251 e. The minimum atomic E-state index is -1.04. The molecule has 1 aromatic carbocycles. The Morgan fingerprint density at radius 2 is 2.00 bits per heavy atom. The zero-order chi connectivity index (χ0) is 13.7. The topological polar surface area (TPSA) is 62.5 Å². The third kappa shape index (κ3) is 3.96. The average molecular weight is 259 g/mol. The first kappa shape index (κ1) is 13.4. The summed E-state index contributed by atoms with van der Waals surface area (Å²) >= 11 is 0. The van der Waals surface area contributed by atoms with Gasteiger partial charge in [-0.25, -0.2) is 0 Å². The zero-order valence-corrected chi connectivity index (χ0v) is 10.8. The van der Waals surface area contributed by atoms with Crippen LogP contribution in [0, 0.1) is 0 Å². The molecule has 2 rings (SSSR count). The number of hydrogen-bond acceptors (Lipinski definition) is 3. The number of rotatable bonds is 5. The third-order valence-corrected chi connectivity index (χ3v) is 2.80. The number of benzene rings is 1. The predicted molar refractivity (Wildman–Crippen MR) is 71.8 cm³/mol. The molecule has 0 fully saturated rings. The van der Waals surface area contributed by atoms with Gasteiger partial charge in [0.25, 0.3) is 5.91 Å². The molecule has 2 aromatic rings. The molecule has 4 nitrogen and oxygen atoms in total. The first-order valence-electron chi connectivity index (χ1n) is 6.15. The molecule has 0 aliphatic rings. The lowest BCUT2D eigenvalue weighted by Gasteiger charge is -2.22. The Labute approximate surface area is 112 Å². The summed E-state index contributed by atoms with van der Waals surface area (Å²) in [5, 5.41) is 12.9. The Morgan fingerprint density at radius 1 is 1.26 bits per heavy atom. The van der Waals surface area contributed by atoms with E-state index in [0.29, 0.717) is 17.7 Å². The molecule has 100 valence electrons. The largest absolute Gasteiger partial charge is 0.469 e. The molecule has 0 spiro atoms. The van der Waals surface area contributed by atoms with Crippen LogP contribution in [0.4, 0.5) is 0 Å². The van der Waals surface area contributed by atoms with E-state index in [9.17, 15) is 9.90 Å². The van der Waals surface area contributed by atoms with Crippen LogP contribution in [-0.2, 0) is 6.42 Å². The van der Waals surface area contributed by atoms with Crippen LogP contribution >= 0.6 is 0 Å². The highest BCUT2D eigenvalue weighted by Crippen LogP contribution is 2.13. The molecule has 19 heavy (non-hydrogen) atoms. The Balaban J connectivity index is 1.89. The van der Waals surface area contributed by atoms with Gasteiger partial charge in [-0.05, 0) is 31.2 Å². The van der Waals surface area contributed by atoms with Gasteiger partial charge in [0.1, 0.15) is 5.76 Å². The average Bonchev–Trinajstić information content (AvgIpc) is 2.89. The van der Waals surface area contributed by atoms with Crippen LogP contribution in [0.15, 0.2) is 53.1 Å². The Kier molecular flexibility index (Phi) is 4.02. The fraction of sp³-hybridized carbons (Fsp3) is 0.267. The summed E-state index contributed by atoms with van der Waals surface area (Å²) in [6.45, 7) is 1.84. The van der Waals surface area contributed by atoms with Gasteiger partial charge in [-0.2, -0.15) is 0 Å². The molecule has 1 heterocycles. The normalized spacial score (nSPS) is 13.8. The highest BCUT2D eigenvalue weighted by Gasteiger charge is 2.23. The van der Waals surface area contributed by atoms with Crippen LogP contribution in [0.2, 0.25) is 0 Å². The molecule has 4 heteroatoms. The van der Waals surface area contributed by atoms with E-state index in [4.69, 9.17) is 4.42 Å². The first-order chi connectivity index (χ1) is 9.07. The molecule has 0 radical (unpaired) electrons. The van der Waals surface area contributed by atoms with E-state index in [-0.39, 0.29) is 12.5 Å². The van der Waals surface area contributed by atoms with Gasteiger partial charge in [0.15, 0.2) is 0 Å². The molecule has 2 N–H and O–H groups in total. The first-order valence-corrected chi connectivity index (χ1v) is 6.15. The molecule has 1 amide bonds. The van der Waals surface area contributed by atoms with E-state index >= 15 is 0 Å². The van der Waals surface area contributed by atoms with E-state index in [1.807, 2.05) is 6.07 Å². The van der Waals surface area contributed by atoms with Gasteiger partial charge in [0.05, 0.1) is 11.9 Å². The van der Waals surface area contributed by atoms with E-state index < -0.39 is 5.60 Å². The monoisotopic (exact) mass is 259 g/mol. The van der Waals surface area contributed by atoms with Crippen LogP contribution in [0.5, 0.6) is 0 Å². The second kappa shape index (κ2) is 5.71. The van der Waals surface area contributed by atoms with Gasteiger partial charge < -0.3 is 14.8 Å². The summed E-state index contributed by atoms with van der Waals surface area (Å²) in [4.78, 5) is 11.8. The summed E-state index contributed by atoms with van der Waals surface area (Å²) in [5.74, 6) is 0.499. The van der Waals surface area contributed by atoms with Crippen LogP contribution in [0.3, 0.4) is 0 Å². The van der Waals surface area contributed by atoms with Crippen molar-refractivity contribution in [2.45, 2.75) is 18.9 Å². The third-order valence-electron chi connectivity index (χ3n) is 2.80. The molecule has 0 aliphatic heterocycles. The molecule has 0 aliphatic carbocycles. The van der Waals surface area contributed by atoms with Crippen molar-refractivity contribution in [3.63, 3.8) is 0 Å². The number of aliphatic hydroxyl groups is 1. The van der Waals surface area contributed by atoms with Crippen LogP contribution < -0.4 is 5.32 Å². The van der Waals surface area contributed by atoms with Gasteiger partial charge >= 0.3 is 0 Å². The van der Waals surface area contributed by atoms with Gasteiger partial charge in [-0.1, -0.05) is 18.2 Å². The Bertz CT molecular complexity index is 518. The number of carbonyl (C=O) groups is 1. The number of amides is 1. The molecule has 0 saturated carbocycles. The maximum atomic E-state index is 11.8. The van der Waals surface area contributed by atoms with Crippen LogP contribution in [0.25, 0.3) is 0 Å². The molecular weight excluding hydrogens is 242 g/mol. The maximum absolute atomic E-state index is 11.8. The van der Waals surface area contributed by atoms with Gasteiger partial charge in [-0.3, -0.25) is 4.79 Å². The molecule has 0 bridgehead atoms. The SMILES string of the molecule is CC(O)(CNC(=O)c1ccccc1)Cc1ccco1. The minimum absolute atomic E-state index is 0.168. The van der Waals surface area contributed by atoms with Crippen LogP contribution in [0.1, 0.15) is 23.0 Å².